The zero-order chi connectivity index (χ0) is 20.3. The largest absolute Gasteiger partial charge is 0.354 e. The minimum absolute atomic E-state index is 0.0235. The summed E-state index contributed by atoms with van der Waals surface area (Å²) in [5.74, 6) is 0.543. The monoisotopic (exact) mass is 461 g/mol. The summed E-state index contributed by atoms with van der Waals surface area (Å²) in [4.78, 5) is 33.8. The van der Waals surface area contributed by atoms with Crippen LogP contribution in [-0.4, -0.2) is 21.9 Å². The third-order valence-electron chi connectivity index (χ3n) is 4.86. The molecule has 1 atom stereocenters. The third-order valence-corrected chi connectivity index (χ3v) is 6.49. The summed E-state index contributed by atoms with van der Waals surface area (Å²) in [5, 5.41) is 3.70. The first-order valence-electron chi connectivity index (χ1n) is 9.36. The van der Waals surface area contributed by atoms with Crippen LogP contribution in [0.2, 0.25) is 0 Å². The molecule has 0 radical (unpaired) electrons. The molecule has 0 saturated heterocycles. The third kappa shape index (κ3) is 5.08. The molecule has 148 valence electrons. The second-order valence-corrected chi connectivity index (χ2v) is 9.23. The Hall–Kier alpha value is -1.99. The van der Waals surface area contributed by atoms with E-state index in [1.54, 1.807) is 0 Å². The molecular formula is C21H24BrN3O2S. The molecule has 1 aromatic carbocycles. The second-order valence-electron chi connectivity index (χ2n) is 7.11. The van der Waals surface area contributed by atoms with Crippen LogP contribution in [0.25, 0.3) is 10.2 Å². The van der Waals surface area contributed by atoms with Gasteiger partial charge in [0.05, 0.1) is 5.39 Å². The molecule has 0 aliphatic carbocycles. The molecule has 0 bridgehead atoms. The van der Waals surface area contributed by atoms with Crippen LogP contribution in [0.3, 0.4) is 0 Å². The van der Waals surface area contributed by atoms with Crippen LogP contribution in [0.4, 0.5) is 0 Å². The van der Waals surface area contributed by atoms with Gasteiger partial charge in [-0.05, 0) is 56.9 Å². The lowest BCUT2D eigenvalue weighted by Gasteiger charge is -2.14. The highest BCUT2D eigenvalue weighted by Crippen LogP contribution is 2.25. The molecule has 2 heterocycles. The summed E-state index contributed by atoms with van der Waals surface area (Å²) in [6.45, 7) is 5.94. The van der Waals surface area contributed by atoms with Gasteiger partial charge in [-0.1, -0.05) is 28.1 Å². The average Bonchev–Trinajstić information content (AvgIpc) is 2.94. The van der Waals surface area contributed by atoms with Crippen LogP contribution < -0.4 is 10.9 Å². The van der Waals surface area contributed by atoms with Crippen molar-refractivity contribution in [3.8, 4) is 0 Å². The van der Waals surface area contributed by atoms with Crippen molar-refractivity contribution in [2.45, 2.75) is 52.5 Å². The Morgan fingerprint density at radius 3 is 2.68 bits per heavy atom. The second kappa shape index (κ2) is 9.01. The summed E-state index contributed by atoms with van der Waals surface area (Å²) in [7, 11) is 0. The predicted octanol–water partition coefficient (Wildman–Crippen LogP) is 4.43. The maximum Gasteiger partial charge on any atom is 0.259 e. The number of aryl methyl sites for hydroxylation is 4. The van der Waals surface area contributed by atoms with Crippen LogP contribution in [0, 0.1) is 13.8 Å². The summed E-state index contributed by atoms with van der Waals surface area (Å²) in [6.07, 6.45) is 2.52. The van der Waals surface area contributed by atoms with E-state index in [1.165, 1.54) is 16.9 Å². The fourth-order valence-electron chi connectivity index (χ4n) is 3.10. The van der Waals surface area contributed by atoms with Crippen molar-refractivity contribution in [3.05, 3.63) is 60.9 Å². The van der Waals surface area contributed by atoms with Crippen LogP contribution in [0.15, 0.2) is 33.5 Å². The number of nitrogens with zero attached hydrogens (tertiary/aromatic N) is 1. The zero-order valence-electron chi connectivity index (χ0n) is 16.3. The number of rotatable bonds is 7. The van der Waals surface area contributed by atoms with Crippen LogP contribution >= 0.6 is 27.3 Å². The van der Waals surface area contributed by atoms with Gasteiger partial charge in [-0.3, -0.25) is 9.59 Å². The smallest absolute Gasteiger partial charge is 0.259 e. The first kappa shape index (κ1) is 20.7. The number of halogens is 1. The van der Waals surface area contributed by atoms with Gasteiger partial charge in [0, 0.05) is 28.2 Å². The molecule has 5 nitrogen and oxygen atoms in total. The average molecular weight is 462 g/mol. The van der Waals surface area contributed by atoms with Gasteiger partial charge in [0.1, 0.15) is 10.7 Å². The highest BCUT2D eigenvalue weighted by molar-refractivity contribution is 9.10. The van der Waals surface area contributed by atoms with E-state index >= 15 is 0 Å². The summed E-state index contributed by atoms with van der Waals surface area (Å²) < 4.78 is 1.07. The summed E-state index contributed by atoms with van der Waals surface area (Å²) in [6, 6.07) is 8.32. The molecule has 0 saturated carbocycles. The molecule has 3 rings (SSSR count). The molecule has 7 heteroatoms. The van der Waals surface area contributed by atoms with Crippen molar-refractivity contribution < 1.29 is 4.79 Å². The van der Waals surface area contributed by atoms with E-state index in [0.717, 1.165) is 32.6 Å². The molecule has 2 aromatic heterocycles. The van der Waals surface area contributed by atoms with E-state index in [1.807, 2.05) is 32.9 Å². The molecule has 0 fully saturated rings. The first-order chi connectivity index (χ1) is 13.3. The van der Waals surface area contributed by atoms with E-state index in [0.29, 0.717) is 24.1 Å². The Bertz CT molecular complexity index is 1040. The van der Waals surface area contributed by atoms with Gasteiger partial charge in [0.2, 0.25) is 5.91 Å². The number of carbonyl (C=O) groups excluding carboxylic acids is 1. The fourth-order valence-corrected chi connectivity index (χ4v) is 4.42. The Labute approximate surface area is 176 Å². The molecule has 3 aromatic rings. The Balaban J connectivity index is 1.51. The molecule has 1 unspecified atom stereocenters. The number of benzene rings is 1. The highest BCUT2D eigenvalue weighted by Gasteiger charge is 2.13. The van der Waals surface area contributed by atoms with Crippen molar-refractivity contribution >= 4 is 43.4 Å². The SMILES string of the molecule is Cc1sc2nc(CCC(=O)NC(C)CCc3ccc(Br)cc3)[nH]c(=O)c2c1C. The highest BCUT2D eigenvalue weighted by atomic mass is 79.9. The number of amides is 1. The van der Waals surface area contributed by atoms with E-state index in [2.05, 4.69) is 43.3 Å². The van der Waals surface area contributed by atoms with Gasteiger partial charge in [0.15, 0.2) is 0 Å². The van der Waals surface area contributed by atoms with Crippen molar-refractivity contribution in [3.63, 3.8) is 0 Å². The normalized spacial score (nSPS) is 12.3. The van der Waals surface area contributed by atoms with Crippen molar-refractivity contribution in [2.75, 3.05) is 0 Å². The standard InChI is InChI=1S/C21H24BrN3O2S/c1-12(4-5-15-6-8-16(22)9-7-15)23-18(26)11-10-17-24-20(27)19-13(2)14(3)28-21(19)25-17/h6-9,12H,4-5,10-11H2,1-3H3,(H,23,26)(H,24,25,27). The maximum absolute atomic E-state index is 12.3. The fraction of sp³-hybridized carbons (Fsp3) is 0.381. The van der Waals surface area contributed by atoms with E-state index in [9.17, 15) is 9.59 Å². The number of H-pyrrole nitrogens is 1. The number of fused-ring (bicyclic) bond motifs is 1. The number of hydrogen-bond acceptors (Lipinski definition) is 4. The minimum atomic E-state index is -0.120. The van der Waals surface area contributed by atoms with Gasteiger partial charge < -0.3 is 10.3 Å². The molecule has 28 heavy (non-hydrogen) atoms. The Morgan fingerprint density at radius 2 is 1.96 bits per heavy atom. The molecule has 0 aliphatic rings. The van der Waals surface area contributed by atoms with Crippen LogP contribution in [0.5, 0.6) is 0 Å². The van der Waals surface area contributed by atoms with Crippen molar-refractivity contribution in [2.24, 2.45) is 0 Å². The topological polar surface area (TPSA) is 74.8 Å². The van der Waals surface area contributed by atoms with E-state index < -0.39 is 0 Å². The number of hydrogen-bond donors (Lipinski definition) is 2. The number of aromatic amines is 1. The van der Waals surface area contributed by atoms with Crippen LogP contribution in [-0.2, 0) is 17.6 Å². The molecule has 0 spiro atoms. The number of thiophene rings is 1. The molecular weight excluding hydrogens is 438 g/mol. The number of carbonyl (C=O) groups is 1. The van der Waals surface area contributed by atoms with Crippen molar-refractivity contribution in [1.82, 2.24) is 15.3 Å². The number of nitrogens with one attached hydrogen (secondary N) is 2. The maximum atomic E-state index is 12.3. The van der Waals surface area contributed by atoms with Gasteiger partial charge in [-0.25, -0.2) is 4.98 Å². The quantitative estimate of drug-likeness (QED) is 0.546. The van der Waals surface area contributed by atoms with E-state index in [-0.39, 0.29) is 17.5 Å². The van der Waals surface area contributed by atoms with Gasteiger partial charge in [-0.15, -0.1) is 11.3 Å². The van der Waals surface area contributed by atoms with Crippen LogP contribution in [0.1, 0.15) is 41.6 Å². The summed E-state index contributed by atoms with van der Waals surface area (Å²) in [5.41, 5.74) is 2.11. The Morgan fingerprint density at radius 1 is 1.25 bits per heavy atom. The van der Waals surface area contributed by atoms with Gasteiger partial charge >= 0.3 is 0 Å². The molecule has 0 aliphatic heterocycles. The van der Waals surface area contributed by atoms with Gasteiger partial charge in [0.25, 0.3) is 5.56 Å². The van der Waals surface area contributed by atoms with Gasteiger partial charge in [-0.2, -0.15) is 0 Å². The van der Waals surface area contributed by atoms with E-state index in [4.69, 9.17) is 0 Å². The van der Waals surface area contributed by atoms with Crippen molar-refractivity contribution in [1.29, 1.82) is 0 Å². The lowest BCUT2D eigenvalue weighted by molar-refractivity contribution is -0.121. The molecule has 1 amide bonds. The molecule has 2 N–H and O–H groups in total. The lowest BCUT2D eigenvalue weighted by Crippen LogP contribution is -2.33. The summed E-state index contributed by atoms with van der Waals surface area (Å²) >= 11 is 4.96. The zero-order valence-corrected chi connectivity index (χ0v) is 18.7. The number of aromatic nitrogens is 2. The first-order valence-corrected chi connectivity index (χ1v) is 11.0. The predicted molar refractivity (Wildman–Crippen MR) is 118 cm³/mol. The minimum Gasteiger partial charge on any atom is -0.354 e. The Kier molecular flexibility index (Phi) is 6.67. The lowest BCUT2D eigenvalue weighted by atomic mass is 10.1.